The summed E-state index contributed by atoms with van der Waals surface area (Å²) in [6.45, 7) is 4.71. The molecule has 0 spiro atoms. The number of hydrogen-bond donors (Lipinski definition) is 0. The summed E-state index contributed by atoms with van der Waals surface area (Å²) in [5.74, 6) is 0.816. The highest BCUT2D eigenvalue weighted by Gasteiger charge is 2.40. The highest BCUT2D eigenvalue weighted by atomic mass is 32.1. The molecule has 7 heteroatoms. The number of rotatable bonds is 5. The first-order chi connectivity index (χ1) is 17.1. The molecule has 1 unspecified atom stereocenters. The molecule has 0 aliphatic carbocycles. The minimum Gasteiger partial charge on any atom is -0.354 e. The number of fused-ring (bicyclic) bond motifs is 1. The van der Waals surface area contributed by atoms with E-state index in [1.807, 2.05) is 60.4 Å². The van der Waals surface area contributed by atoms with Gasteiger partial charge in [0.15, 0.2) is 0 Å². The molecule has 4 aromatic rings. The number of carbonyl (C=O) groups excluding carboxylic acids is 1. The first kappa shape index (κ1) is 23.0. The lowest BCUT2D eigenvalue weighted by Crippen LogP contribution is -2.48. The van der Waals surface area contributed by atoms with Crippen LogP contribution in [0.1, 0.15) is 29.5 Å². The molecule has 35 heavy (non-hydrogen) atoms. The first-order valence-electron chi connectivity index (χ1n) is 11.9. The molecule has 2 aromatic heterocycles. The summed E-state index contributed by atoms with van der Waals surface area (Å²) in [5.41, 5.74) is 1.82. The summed E-state index contributed by atoms with van der Waals surface area (Å²) in [5, 5.41) is 10.5. The maximum Gasteiger partial charge on any atom is 0.233 e. The molecule has 0 bridgehead atoms. The monoisotopic (exact) mass is 481 g/mol. The normalized spacial score (nSPS) is 15.9. The van der Waals surface area contributed by atoms with Crippen LogP contribution in [0.2, 0.25) is 0 Å². The molecule has 3 heterocycles. The molecular weight excluding hydrogens is 454 g/mol. The number of pyridine rings is 1. The van der Waals surface area contributed by atoms with Crippen molar-refractivity contribution < 1.29 is 4.79 Å². The lowest BCUT2D eigenvalue weighted by atomic mass is 9.78. The Hall–Kier alpha value is -3.76. The number of aromatic nitrogens is 2. The lowest BCUT2D eigenvalue weighted by molar-refractivity contribution is -0.136. The summed E-state index contributed by atoms with van der Waals surface area (Å²) in [6, 6.07) is 24.0. The Bertz CT molecular complexity index is 1350. The minimum absolute atomic E-state index is 0.117. The number of para-hydroxylation sites is 1. The molecule has 1 aliphatic rings. The Labute approximate surface area is 209 Å². The van der Waals surface area contributed by atoms with Crippen molar-refractivity contribution in [3.8, 4) is 6.07 Å². The molecule has 0 N–H and O–H groups in total. The number of carbonyl (C=O) groups is 1. The Morgan fingerprint density at radius 2 is 1.83 bits per heavy atom. The Kier molecular flexibility index (Phi) is 6.47. The van der Waals surface area contributed by atoms with Crippen molar-refractivity contribution in [3.63, 3.8) is 0 Å². The summed E-state index contributed by atoms with van der Waals surface area (Å²) in [4.78, 5) is 27.6. The quantitative estimate of drug-likeness (QED) is 0.409. The zero-order valence-corrected chi connectivity index (χ0v) is 20.5. The van der Waals surface area contributed by atoms with Crippen molar-refractivity contribution in [1.82, 2.24) is 14.9 Å². The van der Waals surface area contributed by atoms with Gasteiger partial charge in [-0.1, -0.05) is 42.5 Å². The fourth-order valence-corrected chi connectivity index (χ4v) is 5.95. The van der Waals surface area contributed by atoms with E-state index in [-0.39, 0.29) is 5.91 Å². The maximum atomic E-state index is 14.2. The van der Waals surface area contributed by atoms with E-state index in [9.17, 15) is 10.1 Å². The fourth-order valence-electron chi connectivity index (χ4n) is 4.82. The van der Waals surface area contributed by atoms with Crippen molar-refractivity contribution in [2.75, 3.05) is 31.1 Å². The second-order valence-electron chi connectivity index (χ2n) is 9.07. The second kappa shape index (κ2) is 9.85. The molecule has 0 radical (unpaired) electrons. The van der Waals surface area contributed by atoms with Crippen LogP contribution in [0.3, 0.4) is 0 Å². The predicted molar refractivity (Wildman–Crippen MR) is 139 cm³/mol. The van der Waals surface area contributed by atoms with Crippen LogP contribution in [0.15, 0.2) is 72.9 Å². The van der Waals surface area contributed by atoms with E-state index in [0.717, 1.165) is 33.8 Å². The summed E-state index contributed by atoms with van der Waals surface area (Å²) in [7, 11) is 0. The molecule has 1 amide bonds. The summed E-state index contributed by atoms with van der Waals surface area (Å²) >= 11 is 1.66. The fraction of sp³-hybridized carbons (Fsp3) is 0.286. The van der Waals surface area contributed by atoms with E-state index in [2.05, 4.69) is 22.0 Å². The number of thiazole rings is 1. The van der Waals surface area contributed by atoms with Crippen LogP contribution in [0.25, 0.3) is 10.2 Å². The molecule has 1 saturated heterocycles. The van der Waals surface area contributed by atoms with Gasteiger partial charge in [-0.15, -0.1) is 11.3 Å². The van der Waals surface area contributed by atoms with Crippen molar-refractivity contribution >= 4 is 33.3 Å². The number of hydrogen-bond acceptors (Lipinski definition) is 6. The van der Waals surface area contributed by atoms with Crippen molar-refractivity contribution in [2.45, 2.75) is 25.2 Å². The smallest absolute Gasteiger partial charge is 0.233 e. The van der Waals surface area contributed by atoms with E-state index in [1.54, 1.807) is 29.7 Å². The van der Waals surface area contributed by atoms with Crippen LogP contribution in [-0.2, 0) is 16.6 Å². The van der Waals surface area contributed by atoms with Gasteiger partial charge >= 0.3 is 0 Å². The van der Waals surface area contributed by atoms with Gasteiger partial charge in [-0.25, -0.2) is 9.97 Å². The molecule has 0 saturated carbocycles. The topological polar surface area (TPSA) is 73.1 Å². The highest BCUT2D eigenvalue weighted by molar-refractivity contribution is 7.18. The Morgan fingerprint density at radius 3 is 2.63 bits per heavy atom. The second-order valence-corrected chi connectivity index (χ2v) is 10.2. The molecule has 5 rings (SSSR count). The number of nitriles is 1. The third-order valence-electron chi connectivity index (χ3n) is 6.72. The van der Waals surface area contributed by atoms with Crippen LogP contribution in [0, 0.1) is 11.3 Å². The zero-order valence-electron chi connectivity index (χ0n) is 19.7. The van der Waals surface area contributed by atoms with Crippen molar-refractivity contribution in [3.05, 3.63) is 89.1 Å². The number of nitrogens with zero attached hydrogens (tertiary/aromatic N) is 5. The van der Waals surface area contributed by atoms with Crippen molar-refractivity contribution in [2.24, 2.45) is 0 Å². The number of amides is 1. The Morgan fingerprint density at radius 1 is 1.03 bits per heavy atom. The van der Waals surface area contributed by atoms with Crippen LogP contribution in [-0.4, -0.2) is 47.0 Å². The largest absolute Gasteiger partial charge is 0.354 e. The average molecular weight is 482 g/mol. The van der Waals surface area contributed by atoms with Gasteiger partial charge in [0.05, 0.1) is 26.2 Å². The van der Waals surface area contributed by atoms with Crippen LogP contribution < -0.4 is 4.90 Å². The van der Waals surface area contributed by atoms with Gasteiger partial charge in [0, 0.05) is 38.8 Å². The van der Waals surface area contributed by atoms with E-state index >= 15 is 0 Å². The van der Waals surface area contributed by atoms with Gasteiger partial charge in [0.25, 0.3) is 0 Å². The van der Waals surface area contributed by atoms with Crippen molar-refractivity contribution in [1.29, 1.82) is 5.26 Å². The molecule has 176 valence electrons. The molecule has 1 atom stereocenters. The highest BCUT2D eigenvalue weighted by Crippen LogP contribution is 2.34. The van der Waals surface area contributed by atoms with Gasteiger partial charge in [-0.3, -0.25) is 4.79 Å². The molecule has 1 aliphatic heterocycles. The predicted octanol–water partition coefficient (Wildman–Crippen LogP) is 4.80. The lowest BCUT2D eigenvalue weighted by Gasteiger charge is -2.34. The van der Waals surface area contributed by atoms with Gasteiger partial charge in [0.1, 0.15) is 11.9 Å². The van der Waals surface area contributed by atoms with E-state index in [0.29, 0.717) is 37.4 Å². The minimum atomic E-state index is -0.729. The van der Waals surface area contributed by atoms with E-state index in [4.69, 9.17) is 4.98 Å². The van der Waals surface area contributed by atoms with Crippen LogP contribution in [0.5, 0.6) is 0 Å². The number of anilines is 1. The molecule has 2 aromatic carbocycles. The van der Waals surface area contributed by atoms with Gasteiger partial charge in [-0.2, -0.15) is 5.26 Å². The van der Waals surface area contributed by atoms with Gasteiger partial charge in [0.2, 0.25) is 5.91 Å². The first-order valence-corrected chi connectivity index (χ1v) is 12.7. The van der Waals surface area contributed by atoms with Crippen LogP contribution >= 0.6 is 11.3 Å². The zero-order chi connectivity index (χ0) is 24.3. The standard InChI is InChI=1S/C28H27N5OS/c1-28(22-10-3-2-4-11-22,19-25-31-23-12-5-6-13-24(23)35-25)27(34)33-16-8-15-32(17-18-33)26-21(20-29)9-7-14-30-26/h2-7,9-14H,8,15-19H2,1H3. The van der Waals surface area contributed by atoms with Gasteiger partial charge < -0.3 is 9.80 Å². The molecule has 1 fully saturated rings. The Balaban J connectivity index is 1.42. The van der Waals surface area contributed by atoms with Gasteiger partial charge in [-0.05, 0) is 43.2 Å². The third kappa shape index (κ3) is 4.62. The third-order valence-corrected chi connectivity index (χ3v) is 7.75. The van der Waals surface area contributed by atoms with E-state index < -0.39 is 5.41 Å². The number of benzene rings is 2. The molecular formula is C28H27N5OS. The average Bonchev–Trinajstić information content (AvgIpc) is 3.15. The SMILES string of the molecule is CC(Cc1nc2ccccc2s1)(C(=O)N1CCCN(c2ncccc2C#N)CC1)c1ccccc1. The van der Waals surface area contributed by atoms with Crippen LogP contribution in [0.4, 0.5) is 5.82 Å². The molecule has 6 nitrogen and oxygen atoms in total. The maximum absolute atomic E-state index is 14.2. The summed E-state index contributed by atoms with van der Waals surface area (Å²) in [6.07, 6.45) is 3.09. The summed E-state index contributed by atoms with van der Waals surface area (Å²) < 4.78 is 1.14. The van der Waals surface area contributed by atoms with E-state index in [1.165, 1.54) is 0 Å².